The van der Waals surface area contributed by atoms with Crippen molar-refractivity contribution in [3.63, 3.8) is 0 Å². The van der Waals surface area contributed by atoms with Gasteiger partial charge in [0.25, 0.3) is 0 Å². The average Bonchev–Trinajstić information content (AvgIpc) is 1.65. The van der Waals surface area contributed by atoms with E-state index in [0.29, 0.717) is 0 Å². The quantitative estimate of drug-likeness (QED) is 0.470. The zero-order chi connectivity index (χ0) is 4.99. The molecule has 1 atom stereocenters. The number of aliphatic hydroxyl groups excluding tert-OH is 1. The minimum Gasteiger partial charge on any atom is -0.393 e. The summed E-state index contributed by atoms with van der Waals surface area (Å²) in [6, 6.07) is 1.02. The van der Waals surface area contributed by atoms with Crippen LogP contribution in [0.5, 0.6) is 0 Å². The highest BCUT2D eigenvalue weighted by atomic mass is 28.1. The molecule has 0 saturated carbocycles. The van der Waals surface area contributed by atoms with Gasteiger partial charge in [-0.05, 0) is 12.5 Å². The van der Waals surface area contributed by atoms with E-state index in [0.717, 1.165) is 22.7 Å². The molecule has 0 aromatic carbocycles. The lowest BCUT2D eigenvalue weighted by Crippen LogP contribution is -2.00. The third kappa shape index (κ3) is 2.42. The maximum atomic E-state index is 8.70. The van der Waals surface area contributed by atoms with E-state index < -0.39 is 0 Å². The van der Waals surface area contributed by atoms with E-state index in [-0.39, 0.29) is 6.10 Å². The Morgan fingerprint density at radius 2 is 2.33 bits per heavy atom. The fourth-order valence-corrected chi connectivity index (χ4v) is 0.866. The minimum atomic E-state index is -0.00309. The Kier molecular flexibility index (Phi) is 3.47. The first kappa shape index (κ1) is 6.18. The first-order valence-electron chi connectivity index (χ1n) is 2.49. The van der Waals surface area contributed by atoms with E-state index in [1.54, 1.807) is 0 Å². The Bertz CT molecular complexity index is 26.7. The molecule has 0 aromatic rings. The highest BCUT2D eigenvalue weighted by molar-refractivity contribution is 6.08. The molecule has 6 heavy (non-hydrogen) atoms. The second-order valence-corrected chi connectivity index (χ2v) is 2.29. The van der Waals surface area contributed by atoms with Gasteiger partial charge in [0.2, 0.25) is 0 Å². The number of rotatable bonds is 2. The lowest BCUT2D eigenvalue weighted by atomic mass is 10.3. The van der Waals surface area contributed by atoms with Crippen LogP contribution >= 0.6 is 0 Å². The van der Waals surface area contributed by atoms with Crippen LogP contribution in [0.15, 0.2) is 0 Å². The summed E-state index contributed by atoms with van der Waals surface area (Å²) in [5.74, 6) is 0. The van der Waals surface area contributed by atoms with E-state index >= 15 is 0 Å². The maximum absolute atomic E-state index is 8.70. The molecular formula is C4H12OSi. The molecule has 0 heterocycles. The summed E-state index contributed by atoms with van der Waals surface area (Å²) in [6.45, 7) is 2.00. The molecule has 0 rings (SSSR count). The van der Waals surface area contributed by atoms with Crippen molar-refractivity contribution in [2.45, 2.75) is 25.5 Å². The van der Waals surface area contributed by atoms with Crippen LogP contribution in [0.4, 0.5) is 0 Å². The van der Waals surface area contributed by atoms with Crippen LogP contribution in [0.25, 0.3) is 0 Å². The molecule has 0 fully saturated rings. The second kappa shape index (κ2) is 3.37. The van der Waals surface area contributed by atoms with Gasteiger partial charge < -0.3 is 5.11 Å². The Hall–Kier alpha value is 0.177. The zero-order valence-corrected chi connectivity index (χ0v) is 6.44. The summed E-state index contributed by atoms with van der Waals surface area (Å²) < 4.78 is 0. The summed E-state index contributed by atoms with van der Waals surface area (Å²) in [5, 5.41) is 8.70. The standard InChI is InChI=1S/C4H12OSi/c1-2-4(5)3-6/h4-5H,2-3H2,1,6H3. The van der Waals surface area contributed by atoms with E-state index in [2.05, 4.69) is 0 Å². The first-order chi connectivity index (χ1) is 2.81. The molecule has 1 unspecified atom stereocenters. The fraction of sp³-hybridized carbons (Fsp3) is 1.00. The minimum absolute atomic E-state index is 0.00309. The van der Waals surface area contributed by atoms with E-state index in [4.69, 9.17) is 5.11 Å². The highest BCUT2D eigenvalue weighted by Crippen LogP contribution is 1.90. The zero-order valence-electron chi connectivity index (χ0n) is 4.44. The van der Waals surface area contributed by atoms with Gasteiger partial charge in [-0.1, -0.05) is 6.92 Å². The van der Waals surface area contributed by atoms with E-state index in [9.17, 15) is 0 Å². The van der Waals surface area contributed by atoms with Crippen molar-refractivity contribution in [3.05, 3.63) is 0 Å². The van der Waals surface area contributed by atoms with Crippen LogP contribution < -0.4 is 0 Å². The number of hydrogen-bond donors (Lipinski definition) is 1. The van der Waals surface area contributed by atoms with Gasteiger partial charge in [-0.2, -0.15) is 0 Å². The van der Waals surface area contributed by atoms with E-state index in [1.807, 2.05) is 6.92 Å². The summed E-state index contributed by atoms with van der Waals surface area (Å²) in [5.41, 5.74) is 0. The molecule has 0 aromatic heterocycles. The predicted octanol–water partition coefficient (Wildman–Crippen LogP) is -0.459. The van der Waals surface area contributed by atoms with Crippen LogP contribution in [0.2, 0.25) is 6.04 Å². The summed E-state index contributed by atoms with van der Waals surface area (Å²) in [6.07, 6.45) is 0.917. The smallest absolute Gasteiger partial charge is 0.0506 e. The molecule has 0 aliphatic heterocycles. The molecule has 0 spiro atoms. The summed E-state index contributed by atoms with van der Waals surface area (Å²) >= 11 is 0. The van der Waals surface area contributed by atoms with Crippen LogP contribution in [0.3, 0.4) is 0 Å². The summed E-state index contributed by atoms with van der Waals surface area (Å²) in [7, 11) is 1.13. The van der Waals surface area contributed by atoms with Crippen molar-refractivity contribution in [1.82, 2.24) is 0 Å². The Morgan fingerprint density at radius 3 is 2.33 bits per heavy atom. The molecule has 0 amide bonds. The third-order valence-electron chi connectivity index (χ3n) is 0.942. The average molecular weight is 104 g/mol. The molecule has 1 N–H and O–H groups in total. The lowest BCUT2D eigenvalue weighted by molar-refractivity contribution is 0.191. The van der Waals surface area contributed by atoms with Crippen LogP contribution in [-0.4, -0.2) is 21.5 Å². The van der Waals surface area contributed by atoms with Crippen molar-refractivity contribution in [3.8, 4) is 0 Å². The van der Waals surface area contributed by atoms with Crippen LogP contribution in [0, 0.1) is 0 Å². The molecule has 0 radical (unpaired) electrons. The number of hydrogen-bond acceptors (Lipinski definition) is 1. The normalized spacial score (nSPS) is 15.0. The lowest BCUT2D eigenvalue weighted by Gasteiger charge is -1.98. The predicted molar refractivity (Wildman–Crippen MR) is 31.0 cm³/mol. The Labute approximate surface area is 41.8 Å². The van der Waals surface area contributed by atoms with Gasteiger partial charge in [0.05, 0.1) is 6.10 Å². The van der Waals surface area contributed by atoms with Gasteiger partial charge >= 0.3 is 0 Å². The molecular weight excluding hydrogens is 92.1 g/mol. The van der Waals surface area contributed by atoms with Crippen molar-refractivity contribution in [2.75, 3.05) is 0 Å². The van der Waals surface area contributed by atoms with Gasteiger partial charge in [0.1, 0.15) is 0 Å². The molecule has 0 aliphatic rings. The van der Waals surface area contributed by atoms with Crippen LogP contribution in [0.1, 0.15) is 13.3 Å². The molecule has 38 valence electrons. The van der Waals surface area contributed by atoms with Crippen LogP contribution in [-0.2, 0) is 0 Å². The van der Waals surface area contributed by atoms with Gasteiger partial charge in [-0.3, -0.25) is 0 Å². The molecule has 1 nitrogen and oxygen atoms in total. The van der Waals surface area contributed by atoms with Crippen molar-refractivity contribution in [1.29, 1.82) is 0 Å². The van der Waals surface area contributed by atoms with Gasteiger partial charge in [0.15, 0.2) is 0 Å². The van der Waals surface area contributed by atoms with E-state index in [1.165, 1.54) is 0 Å². The fourth-order valence-electron chi connectivity index (χ4n) is 0.289. The molecule has 0 aliphatic carbocycles. The largest absolute Gasteiger partial charge is 0.393 e. The maximum Gasteiger partial charge on any atom is 0.0506 e. The Balaban J connectivity index is 2.75. The van der Waals surface area contributed by atoms with Gasteiger partial charge in [-0.15, -0.1) is 0 Å². The topological polar surface area (TPSA) is 20.2 Å². The SMILES string of the molecule is CCC(O)C[SiH3]. The monoisotopic (exact) mass is 104 g/mol. The first-order valence-corrected chi connectivity index (χ1v) is 3.90. The van der Waals surface area contributed by atoms with Crippen molar-refractivity contribution < 1.29 is 5.11 Å². The van der Waals surface area contributed by atoms with Crippen molar-refractivity contribution >= 4 is 10.2 Å². The molecule has 2 heteroatoms. The Morgan fingerprint density at radius 1 is 1.83 bits per heavy atom. The second-order valence-electron chi connectivity index (χ2n) is 1.47. The third-order valence-corrected chi connectivity index (χ3v) is 1.88. The molecule has 0 bridgehead atoms. The van der Waals surface area contributed by atoms with Gasteiger partial charge in [0, 0.05) is 10.2 Å². The number of aliphatic hydroxyl groups is 1. The highest BCUT2D eigenvalue weighted by Gasteiger charge is 1.90. The molecule has 0 saturated heterocycles. The van der Waals surface area contributed by atoms with Gasteiger partial charge in [-0.25, -0.2) is 0 Å². The summed E-state index contributed by atoms with van der Waals surface area (Å²) in [4.78, 5) is 0. The van der Waals surface area contributed by atoms with Crippen molar-refractivity contribution in [2.24, 2.45) is 0 Å².